The summed E-state index contributed by atoms with van der Waals surface area (Å²) in [6.45, 7) is 2.04. The van der Waals surface area contributed by atoms with Gasteiger partial charge in [-0.15, -0.1) is 0 Å². The molecule has 1 unspecified atom stereocenters. The minimum atomic E-state index is -1.02. The van der Waals surface area contributed by atoms with Crippen LogP contribution in [0, 0.1) is 5.82 Å². The molecule has 1 atom stereocenters. The molecule has 3 amide bonds. The highest BCUT2D eigenvalue weighted by Gasteiger charge is 2.40. The SMILES string of the molecule is O=C1CCC(N2Cc3cc(C4(O)CCN(Cc5ccccc5F)CC4)ccc3C2=O)C(=O)N1. The molecule has 0 spiro atoms. The molecule has 33 heavy (non-hydrogen) atoms. The third-order valence-electron chi connectivity index (χ3n) is 7.10. The Labute approximate surface area is 191 Å². The second-order valence-corrected chi connectivity index (χ2v) is 9.17. The van der Waals surface area contributed by atoms with E-state index < -0.39 is 17.6 Å². The molecule has 2 fully saturated rings. The van der Waals surface area contributed by atoms with E-state index in [1.54, 1.807) is 24.3 Å². The minimum absolute atomic E-state index is 0.213. The molecule has 0 aliphatic carbocycles. The fourth-order valence-electron chi connectivity index (χ4n) is 5.10. The smallest absolute Gasteiger partial charge is 0.255 e. The summed E-state index contributed by atoms with van der Waals surface area (Å²) in [4.78, 5) is 40.2. The van der Waals surface area contributed by atoms with Crippen LogP contribution in [0.5, 0.6) is 0 Å². The van der Waals surface area contributed by atoms with Crippen molar-refractivity contribution in [2.24, 2.45) is 0 Å². The van der Waals surface area contributed by atoms with E-state index in [1.165, 1.54) is 11.0 Å². The third-order valence-corrected chi connectivity index (χ3v) is 7.10. The second-order valence-electron chi connectivity index (χ2n) is 9.17. The van der Waals surface area contributed by atoms with Crippen molar-refractivity contribution >= 4 is 17.7 Å². The fourth-order valence-corrected chi connectivity index (χ4v) is 5.10. The Bertz CT molecular complexity index is 1130. The molecule has 3 heterocycles. The van der Waals surface area contributed by atoms with Gasteiger partial charge in [0.1, 0.15) is 11.9 Å². The first-order chi connectivity index (χ1) is 15.8. The van der Waals surface area contributed by atoms with Crippen molar-refractivity contribution < 1.29 is 23.9 Å². The van der Waals surface area contributed by atoms with Gasteiger partial charge in [0.25, 0.3) is 5.91 Å². The Balaban J connectivity index is 1.28. The molecule has 0 saturated carbocycles. The Morgan fingerprint density at radius 1 is 1.09 bits per heavy atom. The van der Waals surface area contributed by atoms with Gasteiger partial charge in [0, 0.05) is 43.7 Å². The number of benzene rings is 2. The van der Waals surface area contributed by atoms with E-state index in [1.807, 2.05) is 12.1 Å². The maximum Gasteiger partial charge on any atom is 0.255 e. The lowest BCUT2D eigenvalue weighted by Gasteiger charge is -2.38. The van der Waals surface area contributed by atoms with Crippen LogP contribution in [-0.4, -0.2) is 51.8 Å². The lowest BCUT2D eigenvalue weighted by Crippen LogP contribution is -2.52. The number of piperidine rings is 2. The number of amides is 3. The number of fused-ring (bicyclic) bond motifs is 1. The van der Waals surface area contributed by atoms with Crippen LogP contribution in [-0.2, 0) is 28.3 Å². The molecule has 3 aliphatic rings. The number of nitrogens with zero attached hydrogens (tertiary/aromatic N) is 2. The molecule has 0 aromatic heterocycles. The highest BCUT2D eigenvalue weighted by molar-refractivity contribution is 6.05. The van der Waals surface area contributed by atoms with Crippen LogP contribution in [0.25, 0.3) is 0 Å². The number of nitrogens with one attached hydrogen (secondary N) is 1. The molecular formula is C25H26FN3O4. The van der Waals surface area contributed by atoms with E-state index >= 15 is 0 Å². The van der Waals surface area contributed by atoms with Crippen molar-refractivity contribution in [1.29, 1.82) is 0 Å². The van der Waals surface area contributed by atoms with Gasteiger partial charge in [-0.3, -0.25) is 24.6 Å². The van der Waals surface area contributed by atoms with Crippen molar-refractivity contribution in [1.82, 2.24) is 15.1 Å². The number of hydrogen-bond donors (Lipinski definition) is 2. The molecule has 5 rings (SSSR count). The van der Waals surface area contributed by atoms with E-state index in [-0.39, 0.29) is 30.6 Å². The maximum atomic E-state index is 14.0. The Kier molecular flexibility index (Phi) is 5.50. The van der Waals surface area contributed by atoms with Gasteiger partial charge in [0.2, 0.25) is 11.8 Å². The Hall–Kier alpha value is -3.10. The van der Waals surface area contributed by atoms with E-state index in [2.05, 4.69) is 10.2 Å². The van der Waals surface area contributed by atoms with Crippen LogP contribution in [0.4, 0.5) is 4.39 Å². The molecule has 2 aromatic rings. The maximum absolute atomic E-state index is 14.0. The summed E-state index contributed by atoms with van der Waals surface area (Å²) in [6.07, 6.45) is 1.54. The quantitative estimate of drug-likeness (QED) is 0.695. The normalized spacial score (nSPS) is 22.9. The zero-order valence-corrected chi connectivity index (χ0v) is 18.2. The minimum Gasteiger partial charge on any atom is -0.385 e. The standard InChI is InChI=1S/C25H26FN3O4/c26-20-4-2-1-3-16(20)14-28-11-9-25(33,10-12-28)18-5-6-19-17(13-18)15-29(24(19)32)21-7-8-22(30)27-23(21)31/h1-6,13,21,33H,7-12,14-15H2,(H,27,30,31). The van der Waals surface area contributed by atoms with E-state index in [0.717, 1.165) is 11.1 Å². The fraction of sp³-hybridized carbons (Fsp3) is 0.400. The molecule has 7 nitrogen and oxygen atoms in total. The molecule has 8 heteroatoms. The van der Waals surface area contributed by atoms with Crippen molar-refractivity contribution in [3.8, 4) is 0 Å². The van der Waals surface area contributed by atoms with Gasteiger partial charge in [0.15, 0.2) is 0 Å². The molecule has 2 saturated heterocycles. The van der Waals surface area contributed by atoms with Gasteiger partial charge >= 0.3 is 0 Å². The van der Waals surface area contributed by atoms with E-state index in [4.69, 9.17) is 0 Å². The number of hydrogen-bond acceptors (Lipinski definition) is 5. The molecular weight excluding hydrogens is 425 g/mol. The number of likely N-dealkylation sites (tertiary alicyclic amines) is 1. The molecule has 0 radical (unpaired) electrons. The van der Waals surface area contributed by atoms with E-state index in [0.29, 0.717) is 50.0 Å². The number of imide groups is 1. The first-order valence-electron chi connectivity index (χ1n) is 11.3. The predicted molar refractivity (Wildman–Crippen MR) is 117 cm³/mol. The summed E-state index contributed by atoms with van der Waals surface area (Å²) in [5, 5.41) is 13.7. The van der Waals surface area contributed by atoms with Gasteiger partial charge in [0.05, 0.1) is 5.60 Å². The number of rotatable bonds is 4. The van der Waals surface area contributed by atoms with Crippen LogP contribution < -0.4 is 5.32 Å². The summed E-state index contributed by atoms with van der Waals surface area (Å²) < 4.78 is 14.0. The van der Waals surface area contributed by atoms with Crippen LogP contribution in [0.1, 0.15) is 52.7 Å². The van der Waals surface area contributed by atoms with Crippen LogP contribution in [0.3, 0.4) is 0 Å². The zero-order chi connectivity index (χ0) is 23.2. The third kappa shape index (κ3) is 4.05. The molecule has 172 valence electrons. The van der Waals surface area contributed by atoms with Crippen LogP contribution >= 0.6 is 0 Å². The summed E-state index contributed by atoms with van der Waals surface area (Å²) in [5.74, 6) is -1.19. The summed E-state index contributed by atoms with van der Waals surface area (Å²) in [6, 6.07) is 11.5. The van der Waals surface area contributed by atoms with Crippen molar-refractivity contribution in [2.45, 2.75) is 50.4 Å². The van der Waals surface area contributed by atoms with Crippen molar-refractivity contribution in [3.05, 3.63) is 70.5 Å². The monoisotopic (exact) mass is 451 g/mol. The van der Waals surface area contributed by atoms with Gasteiger partial charge in [-0.25, -0.2) is 4.39 Å². The summed E-state index contributed by atoms with van der Waals surface area (Å²) >= 11 is 0. The number of aliphatic hydroxyl groups is 1. The Morgan fingerprint density at radius 3 is 2.58 bits per heavy atom. The van der Waals surface area contributed by atoms with Gasteiger partial charge in [-0.2, -0.15) is 0 Å². The van der Waals surface area contributed by atoms with E-state index in [9.17, 15) is 23.9 Å². The van der Waals surface area contributed by atoms with Gasteiger partial charge in [-0.1, -0.05) is 30.3 Å². The number of carbonyl (C=O) groups excluding carboxylic acids is 3. The first-order valence-corrected chi connectivity index (χ1v) is 11.3. The lowest BCUT2D eigenvalue weighted by molar-refractivity contribution is -0.136. The predicted octanol–water partition coefficient (Wildman–Crippen LogP) is 2.07. The zero-order valence-electron chi connectivity index (χ0n) is 18.2. The number of halogens is 1. The second kappa shape index (κ2) is 8.35. The molecule has 0 bridgehead atoms. The van der Waals surface area contributed by atoms with Crippen molar-refractivity contribution in [2.75, 3.05) is 13.1 Å². The number of carbonyl (C=O) groups is 3. The highest BCUT2D eigenvalue weighted by atomic mass is 19.1. The van der Waals surface area contributed by atoms with Crippen molar-refractivity contribution in [3.63, 3.8) is 0 Å². The molecule has 2 aromatic carbocycles. The lowest BCUT2D eigenvalue weighted by atomic mass is 9.83. The molecule has 2 N–H and O–H groups in total. The van der Waals surface area contributed by atoms with Gasteiger partial charge in [-0.05, 0) is 42.5 Å². The largest absolute Gasteiger partial charge is 0.385 e. The average Bonchev–Trinajstić information content (AvgIpc) is 3.12. The highest BCUT2D eigenvalue weighted by Crippen LogP contribution is 2.36. The summed E-state index contributed by atoms with van der Waals surface area (Å²) in [7, 11) is 0. The van der Waals surface area contributed by atoms with Crippen LogP contribution in [0.15, 0.2) is 42.5 Å². The average molecular weight is 451 g/mol. The van der Waals surface area contributed by atoms with Gasteiger partial charge < -0.3 is 10.0 Å². The Morgan fingerprint density at radius 2 is 1.85 bits per heavy atom. The van der Waals surface area contributed by atoms with Crippen LogP contribution in [0.2, 0.25) is 0 Å². The first kappa shape index (κ1) is 21.7. The molecule has 3 aliphatic heterocycles. The topological polar surface area (TPSA) is 90.0 Å². The summed E-state index contributed by atoms with van der Waals surface area (Å²) in [5.41, 5.74) is 1.69.